The molecule has 2 rings (SSSR count). The maximum absolute atomic E-state index is 14.2. The Morgan fingerprint density at radius 3 is 1.65 bits per heavy atom. The average molecular weight is 1100 g/mol. The summed E-state index contributed by atoms with van der Waals surface area (Å²) in [5, 5.41) is 41.3. The van der Waals surface area contributed by atoms with Gasteiger partial charge >= 0.3 is 5.97 Å². The Bertz CT molecular complexity index is 2200. The van der Waals surface area contributed by atoms with E-state index >= 15 is 0 Å². The Kier molecular flexibility index (Phi) is 28.1. The molecule has 14 N–H and O–H groups in total. The van der Waals surface area contributed by atoms with Gasteiger partial charge in [-0.25, -0.2) is 4.79 Å². The lowest BCUT2D eigenvalue weighted by atomic mass is 9.96. The summed E-state index contributed by atoms with van der Waals surface area (Å²) in [6.45, 7) is 16.7. The molecule has 12 atom stereocenters. The first-order valence-electron chi connectivity index (χ1n) is 26.4. The van der Waals surface area contributed by atoms with E-state index < -0.39 is 150 Å². The second kappa shape index (κ2) is 32.4. The molecule has 0 unspecified atom stereocenters. The van der Waals surface area contributed by atoms with Gasteiger partial charge in [0.15, 0.2) is 0 Å². The third-order valence-corrected chi connectivity index (χ3v) is 13.4. The van der Waals surface area contributed by atoms with Crippen molar-refractivity contribution >= 4 is 77.7 Å². The molecule has 1 aromatic carbocycles. The highest BCUT2D eigenvalue weighted by Gasteiger charge is 2.41. The highest BCUT2D eigenvalue weighted by Crippen LogP contribution is 2.22. The summed E-state index contributed by atoms with van der Waals surface area (Å²) in [5.41, 5.74) is 11.8. The van der Waals surface area contributed by atoms with Crippen LogP contribution in [0.15, 0.2) is 30.3 Å². The fourth-order valence-electron chi connectivity index (χ4n) is 8.46. The fraction of sp³-hybridized carbons (Fsp3) is 0.673. The number of nitrogens with zero attached hydrogens (tertiary/aromatic N) is 1. The van der Waals surface area contributed by atoms with Gasteiger partial charge in [0, 0.05) is 25.1 Å². The number of benzene rings is 1. The number of rotatable bonds is 32. The number of aliphatic hydroxyl groups excluding tert-OH is 1. The number of likely N-dealkylation sites (tertiary alicyclic amines) is 1. The molecule has 0 aromatic heterocycles. The first-order chi connectivity index (χ1) is 36.0. The van der Waals surface area contributed by atoms with Crippen LogP contribution < -0.4 is 54.0 Å². The van der Waals surface area contributed by atoms with Crippen molar-refractivity contribution in [3.05, 3.63) is 35.9 Å². The zero-order chi connectivity index (χ0) is 58.4. The minimum absolute atomic E-state index is 0.0298. The SMILES string of the molecule is CC[C@H](C)[C@H](NC(=O)[C@H](Cc1ccccc1)NC(=O)[C@H](CS)NC(=O)[C@H](C)N)C(=O)N[C@H](C(=O)N[C@@H](CCC(N)=O)C(=O)N[C@@H](CC(C)C)C(=O)N[C@@H](CC(C)C)C(=O)N1CCC[C@H]1C(=O)N[C@H](C(=O)O)C(C)C)[C@@H](C)O. The van der Waals surface area contributed by atoms with Crippen molar-refractivity contribution in [2.24, 2.45) is 35.1 Å². The van der Waals surface area contributed by atoms with Crippen molar-refractivity contribution in [3.63, 3.8) is 0 Å². The second-order valence-electron chi connectivity index (χ2n) is 21.1. The van der Waals surface area contributed by atoms with Crippen molar-refractivity contribution in [1.29, 1.82) is 0 Å². The van der Waals surface area contributed by atoms with Crippen LogP contribution in [-0.4, -0.2) is 159 Å². The maximum atomic E-state index is 14.2. The monoisotopic (exact) mass is 1100 g/mol. The molecular weight excluding hydrogens is 1020 g/mol. The van der Waals surface area contributed by atoms with E-state index in [0.717, 1.165) is 0 Å². The minimum atomic E-state index is -1.77. The fourth-order valence-corrected chi connectivity index (χ4v) is 8.71. The van der Waals surface area contributed by atoms with Crippen LogP contribution in [0.4, 0.5) is 0 Å². The van der Waals surface area contributed by atoms with Gasteiger partial charge in [-0.2, -0.15) is 12.6 Å². The Morgan fingerprint density at radius 2 is 1.13 bits per heavy atom. The Balaban J connectivity index is 2.42. The predicted octanol–water partition coefficient (Wildman–Crippen LogP) is -1.10. The van der Waals surface area contributed by atoms with Crippen LogP contribution in [0.5, 0.6) is 0 Å². The van der Waals surface area contributed by atoms with Gasteiger partial charge < -0.3 is 69.1 Å². The minimum Gasteiger partial charge on any atom is -0.480 e. The number of carboxylic acids is 1. The number of carboxylic acid groups (broad SMARTS) is 1. The number of nitrogens with one attached hydrogen (secondary N) is 8. The number of carbonyl (C=O) groups is 11. The molecule has 24 nitrogen and oxygen atoms in total. The highest BCUT2D eigenvalue weighted by molar-refractivity contribution is 7.80. The molecule has 1 aliphatic heterocycles. The van der Waals surface area contributed by atoms with Gasteiger partial charge in [-0.1, -0.05) is 92.1 Å². The highest BCUT2D eigenvalue weighted by atomic mass is 32.1. The average Bonchev–Trinajstić information content (AvgIpc) is 3.85. The van der Waals surface area contributed by atoms with Gasteiger partial charge in [0.05, 0.1) is 12.1 Å². The largest absolute Gasteiger partial charge is 0.480 e. The van der Waals surface area contributed by atoms with Crippen LogP contribution in [0.1, 0.15) is 120 Å². The van der Waals surface area contributed by atoms with Crippen LogP contribution >= 0.6 is 12.6 Å². The summed E-state index contributed by atoms with van der Waals surface area (Å²) in [7, 11) is 0. The molecule has 1 heterocycles. The first-order valence-corrected chi connectivity index (χ1v) is 27.0. The lowest BCUT2D eigenvalue weighted by Crippen LogP contribution is -2.63. The van der Waals surface area contributed by atoms with Crippen LogP contribution in [0.2, 0.25) is 0 Å². The molecule has 1 saturated heterocycles. The molecular formula is C52H85N11O13S. The van der Waals surface area contributed by atoms with Crippen LogP contribution in [0.25, 0.3) is 0 Å². The number of thiol groups is 1. The Morgan fingerprint density at radius 1 is 0.636 bits per heavy atom. The van der Waals surface area contributed by atoms with Crippen molar-refractivity contribution < 1.29 is 63.0 Å². The number of nitrogens with two attached hydrogens (primary N) is 2. The van der Waals surface area contributed by atoms with E-state index in [1.54, 1.807) is 71.9 Å². The van der Waals surface area contributed by atoms with E-state index in [4.69, 9.17) is 11.5 Å². The molecule has 0 aliphatic carbocycles. The number of aliphatic carboxylic acids is 1. The molecule has 0 spiro atoms. The van der Waals surface area contributed by atoms with Gasteiger partial charge in [0.25, 0.3) is 0 Å². The summed E-state index contributed by atoms with van der Waals surface area (Å²) in [4.78, 5) is 150. The number of hydrogen-bond donors (Lipinski definition) is 13. The predicted molar refractivity (Wildman–Crippen MR) is 289 cm³/mol. The second-order valence-corrected chi connectivity index (χ2v) is 21.5. The molecule has 25 heteroatoms. The zero-order valence-corrected chi connectivity index (χ0v) is 46.9. The van der Waals surface area contributed by atoms with Gasteiger partial charge in [0.1, 0.15) is 54.4 Å². The van der Waals surface area contributed by atoms with E-state index in [-0.39, 0.29) is 56.2 Å². The summed E-state index contributed by atoms with van der Waals surface area (Å²) >= 11 is 4.19. The summed E-state index contributed by atoms with van der Waals surface area (Å²) in [6, 6.07) is -4.20. The first kappa shape index (κ1) is 66.8. The Labute approximate surface area is 457 Å². The quantitative estimate of drug-likeness (QED) is 0.0381. The molecule has 1 fully saturated rings. The van der Waals surface area contributed by atoms with Crippen LogP contribution in [0, 0.1) is 23.7 Å². The van der Waals surface area contributed by atoms with Gasteiger partial charge in [-0.15, -0.1) is 0 Å². The molecule has 0 radical (unpaired) electrons. The molecule has 0 saturated carbocycles. The third kappa shape index (κ3) is 21.9. The van der Waals surface area contributed by atoms with Gasteiger partial charge in [-0.3, -0.25) is 47.9 Å². The number of aliphatic hydroxyl groups is 1. The van der Waals surface area contributed by atoms with E-state index in [0.29, 0.717) is 18.4 Å². The molecule has 1 aliphatic rings. The Hall–Kier alpha value is -6.34. The van der Waals surface area contributed by atoms with E-state index in [2.05, 4.69) is 55.2 Å². The topological polar surface area (TPSA) is 380 Å². The summed E-state index contributed by atoms with van der Waals surface area (Å²) in [6.07, 6.45) is -1.30. The normalized spacial score (nSPS) is 17.7. The van der Waals surface area contributed by atoms with Gasteiger partial charge in [0.2, 0.25) is 59.1 Å². The van der Waals surface area contributed by atoms with Gasteiger partial charge in [-0.05, 0) is 75.2 Å². The molecule has 10 amide bonds. The lowest BCUT2D eigenvalue weighted by molar-refractivity contribution is -0.146. The zero-order valence-electron chi connectivity index (χ0n) is 46.1. The van der Waals surface area contributed by atoms with Crippen molar-refractivity contribution in [3.8, 4) is 0 Å². The molecule has 432 valence electrons. The van der Waals surface area contributed by atoms with E-state index in [1.807, 2.05) is 13.8 Å². The number of amides is 10. The van der Waals surface area contributed by atoms with Crippen molar-refractivity contribution in [1.82, 2.24) is 47.4 Å². The molecule has 0 bridgehead atoms. The maximum Gasteiger partial charge on any atom is 0.326 e. The lowest BCUT2D eigenvalue weighted by Gasteiger charge is -2.32. The number of primary amides is 1. The number of hydrogen-bond acceptors (Lipinski definition) is 14. The van der Waals surface area contributed by atoms with Crippen molar-refractivity contribution in [2.75, 3.05) is 12.3 Å². The smallest absolute Gasteiger partial charge is 0.326 e. The van der Waals surface area contributed by atoms with Crippen LogP contribution in [-0.2, 0) is 59.2 Å². The standard InChI is InChI=1S/C52H85N11O13S/c1-11-29(8)41(61-46(69)35(24-32-16-13-12-14-17-32)57-47(70)37(25-77)59-43(66)30(9)53)49(72)62-42(31(10)64)50(73)55-33(19-20-39(54)65)44(67)56-34(22-26(2)3)45(68)58-36(23-27(4)5)51(74)63-21-15-18-38(63)48(71)60-40(28(6)7)52(75)76/h12-14,16-17,26-31,33-38,40-42,64,77H,11,15,18-25,53H2,1-10H3,(H2,54,65)(H,55,73)(H,56,67)(H,57,70)(H,58,68)(H,59,66)(H,60,71)(H,61,69)(H,62,72)(H,75,76)/t29-,30-,31+,33-,34-,35-,36-,37-,38-,40-,41-,42-/m0/s1. The van der Waals surface area contributed by atoms with E-state index in [1.165, 1.54) is 18.7 Å². The third-order valence-electron chi connectivity index (χ3n) is 13.0. The van der Waals surface area contributed by atoms with Crippen molar-refractivity contribution in [2.45, 2.75) is 187 Å². The number of carbonyl (C=O) groups excluding carboxylic acids is 10. The van der Waals surface area contributed by atoms with E-state index in [9.17, 15) is 63.0 Å². The summed E-state index contributed by atoms with van der Waals surface area (Å²) < 4.78 is 0. The molecule has 77 heavy (non-hydrogen) atoms. The van der Waals surface area contributed by atoms with Crippen LogP contribution in [0.3, 0.4) is 0 Å². The summed E-state index contributed by atoms with van der Waals surface area (Å²) in [5.74, 6) is -10.8. The molecule has 1 aromatic rings.